The van der Waals surface area contributed by atoms with E-state index in [0.717, 1.165) is 25.8 Å². The first kappa shape index (κ1) is 12.5. The largest absolute Gasteiger partial charge is 0.381 e. The lowest BCUT2D eigenvalue weighted by atomic mass is 10.0. The molecule has 1 atom stereocenters. The average molecular weight is 214 g/mol. The highest BCUT2D eigenvalue weighted by atomic mass is 16.3. The van der Waals surface area contributed by atoms with E-state index in [1.54, 1.807) is 0 Å². The number of aliphatic hydroxyl groups excluding tert-OH is 1. The van der Waals surface area contributed by atoms with Crippen LogP contribution in [0.1, 0.15) is 40.0 Å². The molecule has 0 radical (unpaired) electrons. The van der Waals surface area contributed by atoms with Gasteiger partial charge >= 0.3 is 0 Å². The van der Waals surface area contributed by atoms with E-state index in [1.165, 1.54) is 0 Å². The molecular formula is C11H22N2O2. The van der Waals surface area contributed by atoms with Gasteiger partial charge in [-0.1, -0.05) is 6.42 Å². The molecule has 1 fully saturated rings. The average Bonchev–Trinajstić information content (AvgIpc) is 2.15. The first-order chi connectivity index (χ1) is 6.94. The molecular weight excluding hydrogens is 192 g/mol. The Morgan fingerprint density at radius 3 is 2.67 bits per heavy atom. The second-order valence-electron chi connectivity index (χ2n) is 5.20. The van der Waals surface area contributed by atoms with Gasteiger partial charge in [0.1, 0.15) is 0 Å². The topological polar surface area (TPSA) is 52.6 Å². The summed E-state index contributed by atoms with van der Waals surface area (Å²) in [6.45, 7) is 6.70. The Bertz CT molecular complexity index is 223. The fraction of sp³-hybridized carbons (Fsp3) is 0.909. The van der Waals surface area contributed by atoms with Gasteiger partial charge in [0.15, 0.2) is 0 Å². The Morgan fingerprint density at radius 1 is 1.47 bits per heavy atom. The predicted octanol–water partition coefficient (Wildman–Crippen LogP) is 0.705. The van der Waals surface area contributed by atoms with Gasteiger partial charge in [0.25, 0.3) is 0 Å². The lowest BCUT2D eigenvalue weighted by molar-refractivity contribution is -0.131. The van der Waals surface area contributed by atoms with Gasteiger partial charge in [0, 0.05) is 12.1 Å². The number of piperidine rings is 1. The third-order valence-corrected chi connectivity index (χ3v) is 2.60. The van der Waals surface area contributed by atoms with Crippen LogP contribution in [-0.4, -0.2) is 40.8 Å². The van der Waals surface area contributed by atoms with Crippen LogP contribution in [0, 0.1) is 0 Å². The van der Waals surface area contributed by atoms with Crippen molar-refractivity contribution in [1.82, 2.24) is 10.2 Å². The summed E-state index contributed by atoms with van der Waals surface area (Å²) >= 11 is 0. The molecule has 0 aromatic carbocycles. The standard InChI is InChI=1S/C11H22N2O2/c1-11(2,3)12-10(15)9-6-4-5-7-13(9)8-14/h9,14H,4-8H2,1-3H3,(H,12,15)/t9-/m0/s1. The first-order valence-electron chi connectivity index (χ1n) is 5.61. The molecule has 1 heterocycles. The summed E-state index contributed by atoms with van der Waals surface area (Å²) in [5.74, 6) is 0.0382. The fourth-order valence-electron chi connectivity index (χ4n) is 1.91. The van der Waals surface area contributed by atoms with Gasteiger partial charge in [-0.25, -0.2) is 0 Å². The monoisotopic (exact) mass is 214 g/mol. The summed E-state index contributed by atoms with van der Waals surface area (Å²) in [6.07, 6.45) is 2.99. The van der Waals surface area contributed by atoms with Gasteiger partial charge < -0.3 is 10.4 Å². The van der Waals surface area contributed by atoms with Crippen molar-refractivity contribution < 1.29 is 9.90 Å². The van der Waals surface area contributed by atoms with Gasteiger partial charge in [0.2, 0.25) is 5.91 Å². The van der Waals surface area contributed by atoms with Gasteiger partial charge in [-0.3, -0.25) is 9.69 Å². The third kappa shape index (κ3) is 3.80. The van der Waals surface area contributed by atoms with E-state index < -0.39 is 0 Å². The number of amides is 1. The number of carbonyl (C=O) groups excluding carboxylic acids is 1. The molecule has 1 aliphatic rings. The maximum Gasteiger partial charge on any atom is 0.237 e. The maximum absolute atomic E-state index is 11.9. The van der Waals surface area contributed by atoms with Crippen molar-refractivity contribution >= 4 is 5.91 Å². The second kappa shape index (κ2) is 4.94. The van der Waals surface area contributed by atoms with E-state index in [1.807, 2.05) is 25.7 Å². The van der Waals surface area contributed by atoms with Gasteiger partial charge in [0.05, 0.1) is 12.8 Å². The van der Waals surface area contributed by atoms with Crippen molar-refractivity contribution in [2.45, 2.75) is 51.6 Å². The number of likely N-dealkylation sites (tertiary alicyclic amines) is 1. The second-order valence-corrected chi connectivity index (χ2v) is 5.20. The highest BCUT2D eigenvalue weighted by molar-refractivity contribution is 5.82. The van der Waals surface area contributed by atoms with Crippen molar-refractivity contribution in [3.8, 4) is 0 Å². The van der Waals surface area contributed by atoms with Gasteiger partial charge in [-0.15, -0.1) is 0 Å². The van der Waals surface area contributed by atoms with E-state index in [-0.39, 0.29) is 24.2 Å². The molecule has 1 rings (SSSR count). The van der Waals surface area contributed by atoms with Gasteiger partial charge in [-0.2, -0.15) is 0 Å². The third-order valence-electron chi connectivity index (χ3n) is 2.60. The van der Waals surface area contributed by atoms with E-state index in [0.29, 0.717) is 0 Å². The Morgan fingerprint density at radius 2 is 2.13 bits per heavy atom. The number of hydrogen-bond acceptors (Lipinski definition) is 3. The van der Waals surface area contributed by atoms with E-state index in [9.17, 15) is 4.79 Å². The van der Waals surface area contributed by atoms with Crippen LogP contribution < -0.4 is 5.32 Å². The van der Waals surface area contributed by atoms with Crippen LogP contribution in [-0.2, 0) is 4.79 Å². The van der Waals surface area contributed by atoms with Crippen LogP contribution >= 0.6 is 0 Å². The normalized spacial score (nSPS) is 23.9. The quantitative estimate of drug-likeness (QED) is 0.711. The summed E-state index contributed by atoms with van der Waals surface area (Å²) in [6, 6.07) is -0.150. The molecule has 4 nitrogen and oxygen atoms in total. The molecule has 1 amide bonds. The predicted molar refractivity (Wildman–Crippen MR) is 59.3 cm³/mol. The molecule has 0 unspecified atom stereocenters. The van der Waals surface area contributed by atoms with E-state index in [2.05, 4.69) is 5.32 Å². The van der Waals surface area contributed by atoms with Crippen LogP contribution in [0.4, 0.5) is 0 Å². The number of nitrogens with one attached hydrogen (secondary N) is 1. The minimum atomic E-state index is -0.199. The summed E-state index contributed by atoms with van der Waals surface area (Å²) in [5.41, 5.74) is -0.199. The summed E-state index contributed by atoms with van der Waals surface area (Å²) in [5, 5.41) is 12.1. The zero-order chi connectivity index (χ0) is 11.5. The molecule has 15 heavy (non-hydrogen) atoms. The van der Waals surface area contributed by atoms with Crippen LogP contribution in [0.3, 0.4) is 0 Å². The molecule has 0 bridgehead atoms. The maximum atomic E-state index is 11.9. The van der Waals surface area contributed by atoms with Crippen LogP contribution in [0.15, 0.2) is 0 Å². The SMILES string of the molecule is CC(C)(C)NC(=O)[C@@H]1CCCCN1CO. The summed E-state index contributed by atoms with van der Waals surface area (Å²) in [4.78, 5) is 13.8. The summed E-state index contributed by atoms with van der Waals surface area (Å²) in [7, 11) is 0. The van der Waals surface area contributed by atoms with E-state index in [4.69, 9.17) is 5.11 Å². The van der Waals surface area contributed by atoms with Crippen molar-refractivity contribution in [3.63, 3.8) is 0 Å². The molecule has 0 aliphatic carbocycles. The molecule has 0 saturated carbocycles. The fourth-order valence-corrected chi connectivity index (χ4v) is 1.91. The molecule has 2 N–H and O–H groups in total. The highest BCUT2D eigenvalue weighted by Gasteiger charge is 2.29. The first-order valence-corrected chi connectivity index (χ1v) is 5.61. The van der Waals surface area contributed by atoms with Crippen molar-refractivity contribution in [2.75, 3.05) is 13.3 Å². The molecule has 4 heteroatoms. The Balaban J connectivity index is 2.56. The number of hydrogen-bond donors (Lipinski definition) is 2. The summed E-state index contributed by atoms with van der Waals surface area (Å²) < 4.78 is 0. The Labute approximate surface area is 91.6 Å². The molecule has 0 aromatic rings. The molecule has 0 aromatic heterocycles. The van der Waals surface area contributed by atoms with Crippen LogP contribution in [0.25, 0.3) is 0 Å². The van der Waals surface area contributed by atoms with Gasteiger partial charge in [-0.05, 0) is 33.6 Å². The van der Waals surface area contributed by atoms with Crippen LogP contribution in [0.2, 0.25) is 0 Å². The number of nitrogens with zero attached hydrogens (tertiary/aromatic N) is 1. The number of carbonyl (C=O) groups is 1. The minimum Gasteiger partial charge on any atom is -0.381 e. The zero-order valence-electron chi connectivity index (χ0n) is 9.92. The lowest BCUT2D eigenvalue weighted by Crippen LogP contribution is -2.53. The smallest absolute Gasteiger partial charge is 0.237 e. The van der Waals surface area contributed by atoms with Crippen molar-refractivity contribution in [2.24, 2.45) is 0 Å². The van der Waals surface area contributed by atoms with Crippen molar-refractivity contribution in [1.29, 1.82) is 0 Å². The van der Waals surface area contributed by atoms with Crippen molar-refractivity contribution in [3.05, 3.63) is 0 Å². The lowest BCUT2D eigenvalue weighted by Gasteiger charge is -2.34. The van der Waals surface area contributed by atoms with Crippen LogP contribution in [0.5, 0.6) is 0 Å². The number of aliphatic hydroxyl groups is 1. The Kier molecular flexibility index (Phi) is 4.11. The molecule has 88 valence electrons. The van der Waals surface area contributed by atoms with E-state index >= 15 is 0 Å². The highest BCUT2D eigenvalue weighted by Crippen LogP contribution is 2.17. The molecule has 1 aliphatic heterocycles. The molecule has 0 spiro atoms. The number of rotatable bonds is 2. The Hall–Kier alpha value is -0.610. The zero-order valence-corrected chi connectivity index (χ0v) is 9.92. The minimum absolute atomic E-state index is 0.0256. The molecule has 1 saturated heterocycles.